The first kappa shape index (κ1) is 13.9. The van der Waals surface area contributed by atoms with Crippen LogP contribution in [0.1, 0.15) is 6.92 Å². The van der Waals surface area contributed by atoms with Gasteiger partial charge in [0.2, 0.25) is 0 Å². The van der Waals surface area contributed by atoms with Crippen molar-refractivity contribution in [2.75, 3.05) is 38.7 Å². The van der Waals surface area contributed by atoms with Gasteiger partial charge in [0.05, 0.1) is 0 Å². The quantitative estimate of drug-likeness (QED) is 0.883. The van der Waals surface area contributed by atoms with Crippen molar-refractivity contribution in [1.82, 2.24) is 10.3 Å². The van der Waals surface area contributed by atoms with Gasteiger partial charge in [-0.25, -0.2) is 4.98 Å². The maximum atomic E-state index is 5.66. The number of aromatic nitrogens is 1. The summed E-state index contributed by atoms with van der Waals surface area (Å²) in [6.45, 7) is 5.26. The van der Waals surface area contributed by atoms with Crippen molar-refractivity contribution in [1.29, 1.82) is 0 Å². The Bertz CT molecular complexity index is 630. The van der Waals surface area contributed by atoms with Crippen molar-refractivity contribution in [2.45, 2.75) is 6.92 Å². The Hall–Kier alpha value is -2.01. The van der Waals surface area contributed by atoms with E-state index in [-0.39, 0.29) is 0 Å². The van der Waals surface area contributed by atoms with Gasteiger partial charge >= 0.3 is 0 Å². The molecular weight excluding hydrogens is 266 g/mol. The van der Waals surface area contributed by atoms with E-state index in [1.165, 1.54) is 0 Å². The Morgan fingerprint density at radius 3 is 2.71 bits per heavy atom. The monoisotopic (exact) mass is 287 g/mol. The Balaban J connectivity index is 1.88. The molecule has 2 N–H and O–H groups in total. The molecule has 0 spiro atoms. The molecule has 2 aromatic rings. The number of rotatable bonds is 5. The van der Waals surface area contributed by atoms with Crippen LogP contribution in [-0.4, -0.2) is 38.3 Å². The van der Waals surface area contributed by atoms with Crippen molar-refractivity contribution in [3.05, 3.63) is 24.4 Å². The summed E-state index contributed by atoms with van der Waals surface area (Å²) in [5, 5.41) is 8.79. The molecule has 0 amide bonds. The minimum atomic E-state index is 0.532. The van der Waals surface area contributed by atoms with Crippen LogP contribution in [0.2, 0.25) is 0 Å². The summed E-state index contributed by atoms with van der Waals surface area (Å²) in [5.74, 6) is 3.04. The molecule has 1 aliphatic rings. The number of anilines is 1. The molecule has 0 fully saturated rings. The third-order valence-corrected chi connectivity index (χ3v) is 3.60. The summed E-state index contributed by atoms with van der Waals surface area (Å²) < 4.78 is 11.3. The zero-order valence-corrected chi connectivity index (χ0v) is 12.5. The number of nitrogens with zero attached hydrogens (tertiary/aromatic N) is 1. The van der Waals surface area contributed by atoms with Gasteiger partial charge < -0.3 is 20.1 Å². The lowest BCUT2D eigenvalue weighted by Crippen LogP contribution is -2.23. The van der Waals surface area contributed by atoms with Crippen LogP contribution in [0, 0.1) is 5.92 Å². The van der Waals surface area contributed by atoms with E-state index in [1.54, 1.807) is 0 Å². The zero-order chi connectivity index (χ0) is 14.7. The molecule has 1 aliphatic heterocycles. The number of benzene rings is 1. The molecule has 0 saturated carbocycles. The molecule has 5 nitrogen and oxygen atoms in total. The van der Waals surface area contributed by atoms with Gasteiger partial charge in [-0.1, -0.05) is 6.92 Å². The van der Waals surface area contributed by atoms with Crippen LogP contribution in [0.3, 0.4) is 0 Å². The fraction of sp³-hybridized carbons (Fsp3) is 0.438. The van der Waals surface area contributed by atoms with E-state index in [2.05, 4.69) is 22.5 Å². The Kier molecular flexibility index (Phi) is 4.10. The Labute approximate surface area is 124 Å². The van der Waals surface area contributed by atoms with Gasteiger partial charge in [0.1, 0.15) is 19.0 Å². The Morgan fingerprint density at radius 2 is 1.95 bits per heavy atom. The molecule has 112 valence electrons. The fourth-order valence-corrected chi connectivity index (χ4v) is 2.54. The molecule has 0 bridgehead atoms. The largest absolute Gasteiger partial charge is 0.486 e. The SMILES string of the molecule is CNCC(C)CNc1nccc2cc3c(cc12)OCCO3. The maximum Gasteiger partial charge on any atom is 0.162 e. The third-order valence-electron chi connectivity index (χ3n) is 3.60. The van der Waals surface area contributed by atoms with Gasteiger partial charge in [-0.3, -0.25) is 0 Å². The molecule has 1 aromatic carbocycles. The molecule has 0 saturated heterocycles. The predicted molar refractivity (Wildman–Crippen MR) is 84.3 cm³/mol. The molecular formula is C16H21N3O2. The van der Waals surface area contributed by atoms with E-state index in [0.717, 1.165) is 41.2 Å². The van der Waals surface area contributed by atoms with Crippen LogP contribution in [0.4, 0.5) is 5.82 Å². The highest BCUT2D eigenvalue weighted by Gasteiger charge is 2.14. The predicted octanol–water partition coefficient (Wildman–Crippen LogP) is 2.27. The standard InChI is InChI=1S/C16H21N3O2/c1-11(9-17-2)10-19-16-13-8-15-14(20-5-6-21-15)7-12(13)3-4-18-16/h3-4,7-8,11,17H,5-6,9-10H2,1-2H3,(H,18,19). The topological polar surface area (TPSA) is 55.4 Å². The first-order valence-electron chi connectivity index (χ1n) is 7.35. The number of hydrogen-bond donors (Lipinski definition) is 2. The highest BCUT2D eigenvalue weighted by molar-refractivity contribution is 5.94. The lowest BCUT2D eigenvalue weighted by molar-refractivity contribution is 0.172. The van der Waals surface area contributed by atoms with Gasteiger partial charge in [-0.15, -0.1) is 0 Å². The fourth-order valence-electron chi connectivity index (χ4n) is 2.54. The number of nitrogens with one attached hydrogen (secondary N) is 2. The lowest BCUT2D eigenvalue weighted by Gasteiger charge is -2.20. The minimum absolute atomic E-state index is 0.532. The molecule has 3 rings (SSSR count). The van der Waals surface area contributed by atoms with E-state index in [0.29, 0.717) is 19.1 Å². The van der Waals surface area contributed by atoms with Crippen molar-refractivity contribution in [2.24, 2.45) is 5.92 Å². The average molecular weight is 287 g/mol. The maximum absolute atomic E-state index is 5.66. The van der Waals surface area contributed by atoms with Crippen LogP contribution in [0.15, 0.2) is 24.4 Å². The van der Waals surface area contributed by atoms with Crippen molar-refractivity contribution < 1.29 is 9.47 Å². The average Bonchev–Trinajstić information content (AvgIpc) is 2.51. The highest BCUT2D eigenvalue weighted by Crippen LogP contribution is 2.36. The van der Waals surface area contributed by atoms with E-state index >= 15 is 0 Å². The highest BCUT2D eigenvalue weighted by atomic mass is 16.6. The van der Waals surface area contributed by atoms with E-state index in [9.17, 15) is 0 Å². The second-order valence-electron chi connectivity index (χ2n) is 5.42. The first-order chi connectivity index (χ1) is 10.3. The number of pyridine rings is 1. The van der Waals surface area contributed by atoms with Crippen LogP contribution in [-0.2, 0) is 0 Å². The summed E-state index contributed by atoms with van der Waals surface area (Å²) in [4.78, 5) is 4.46. The smallest absolute Gasteiger partial charge is 0.162 e. The van der Waals surface area contributed by atoms with Crippen LogP contribution < -0.4 is 20.1 Å². The van der Waals surface area contributed by atoms with E-state index in [1.807, 2.05) is 31.4 Å². The van der Waals surface area contributed by atoms with Crippen molar-refractivity contribution in [3.8, 4) is 11.5 Å². The molecule has 5 heteroatoms. The summed E-state index contributed by atoms with van der Waals surface area (Å²) in [5.41, 5.74) is 0. The second kappa shape index (κ2) is 6.18. The van der Waals surface area contributed by atoms with Crippen LogP contribution in [0.25, 0.3) is 10.8 Å². The molecule has 1 aromatic heterocycles. The molecule has 21 heavy (non-hydrogen) atoms. The Morgan fingerprint density at radius 1 is 1.19 bits per heavy atom. The number of hydrogen-bond acceptors (Lipinski definition) is 5. The summed E-state index contributed by atoms with van der Waals surface area (Å²) in [6.07, 6.45) is 1.82. The second-order valence-corrected chi connectivity index (χ2v) is 5.42. The van der Waals surface area contributed by atoms with Gasteiger partial charge in [0, 0.05) is 18.1 Å². The molecule has 2 heterocycles. The third kappa shape index (κ3) is 3.03. The molecule has 1 unspecified atom stereocenters. The van der Waals surface area contributed by atoms with Gasteiger partial charge in [0.15, 0.2) is 11.5 Å². The summed E-state index contributed by atoms with van der Waals surface area (Å²) in [6, 6.07) is 6.03. The molecule has 0 radical (unpaired) electrons. The summed E-state index contributed by atoms with van der Waals surface area (Å²) in [7, 11) is 1.97. The normalized spacial score (nSPS) is 15.0. The minimum Gasteiger partial charge on any atom is -0.486 e. The van der Waals surface area contributed by atoms with Gasteiger partial charge in [-0.05, 0) is 43.1 Å². The van der Waals surface area contributed by atoms with Crippen molar-refractivity contribution in [3.63, 3.8) is 0 Å². The zero-order valence-electron chi connectivity index (χ0n) is 12.5. The lowest BCUT2D eigenvalue weighted by atomic mass is 10.1. The van der Waals surface area contributed by atoms with Gasteiger partial charge in [-0.2, -0.15) is 0 Å². The summed E-state index contributed by atoms with van der Waals surface area (Å²) >= 11 is 0. The van der Waals surface area contributed by atoms with E-state index in [4.69, 9.17) is 9.47 Å². The molecule has 1 atom stereocenters. The van der Waals surface area contributed by atoms with Crippen LogP contribution in [0.5, 0.6) is 11.5 Å². The number of ether oxygens (including phenoxy) is 2. The van der Waals surface area contributed by atoms with Crippen LogP contribution >= 0.6 is 0 Å². The number of fused-ring (bicyclic) bond motifs is 2. The first-order valence-corrected chi connectivity index (χ1v) is 7.35. The molecule has 0 aliphatic carbocycles. The van der Waals surface area contributed by atoms with E-state index < -0.39 is 0 Å². The van der Waals surface area contributed by atoms with Gasteiger partial charge in [0.25, 0.3) is 0 Å². The van der Waals surface area contributed by atoms with Crippen molar-refractivity contribution >= 4 is 16.6 Å².